The third kappa shape index (κ3) is 6.39. The van der Waals surface area contributed by atoms with Crippen LogP contribution in [-0.4, -0.2) is 36.9 Å². The van der Waals surface area contributed by atoms with E-state index >= 15 is 0 Å². The van der Waals surface area contributed by atoms with Crippen LogP contribution in [0.3, 0.4) is 0 Å². The first-order chi connectivity index (χ1) is 16.7. The molecule has 0 amide bonds. The number of hydrogen-bond donors (Lipinski definition) is 1. The second kappa shape index (κ2) is 10.8. The molecule has 1 heterocycles. The van der Waals surface area contributed by atoms with E-state index in [-0.39, 0.29) is 30.4 Å². The number of halogens is 2. The minimum atomic E-state index is -3.78. The third-order valence-corrected chi connectivity index (χ3v) is 8.10. The first kappa shape index (κ1) is 25.2. The minimum Gasteiger partial charge on any atom is -0.489 e. The lowest BCUT2D eigenvalue weighted by molar-refractivity contribution is -0.136. The van der Waals surface area contributed by atoms with Gasteiger partial charge in [-0.1, -0.05) is 29.8 Å². The molecule has 3 aromatic carbocycles. The molecule has 184 valence electrons. The van der Waals surface area contributed by atoms with Crippen LogP contribution in [0, 0.1) is 5.82 Å². The Bertz CT molecular complexity index is 1300. The molecule has 1 N–H and O–H groups in total. The Labute approximate surface area is 209 Å². The van der Waals surface area contributed by atoms with Crippen molar-refractivity contribution < 1.29 is 27.4 Å². The van der Waals surface area contributed by atoms with Gasteiger partial charge in [0, 0.05) is 18.1 Å². The lowest BCUT2D eigenvalue weighted by Gasteiger charge is -2.32. The van der Waals surface area contributed by atoms with Crippen molar-refractivity contribution in [1.29, 1.82) is 0 Å². The second-order valence-corrected chi connectivity index (χ2v) is 10.9. The molecule has 0 spiro atoms. The van der Waals surface area contributed by atoms with Gasteiger partial charge in [-0.15, -0.1) is 0 Å². The molecule has 0 radical (unpaired) electrons. The maximum Gasteiger partial charge on any atom is 0.307 e. The summed E-state index contributed by atoms with van der Waals surface area (Å²) in [5.74, 6) is -1.07. The van der Waals surface area contributed by atoms with E-state index in [1.807, 2.05) is 24.3 Å². The summed E-state index contributed by atoms with van der Waals surface area (Å²) in [6.45, 7) is 0.890. The Kier molecular flexibility index (Phi) is 7.74. The van der Waals surface area contributed by atoms with Crippen molar-refractivity contribution in [3.05, 3.63) is 94.3 Å². The van der Waals surface area contributed by atoms with Crippen LogP contribution in [0.1, 0.15) is 35.4 Å². The Morgan fingerprint density at radius 1 is 1.06 bits per heavy atom. The van der Waals surface area contributed by atoms with Crippen molar-refractivity contribution in [3.63, 3.8) is 0 Å². The van der Waals surface area contributed by atoms with Gasteiger partial charge in [-0.2, -0.15) is 4.31 Å². The maximum absolute atomic E-state index is 13.3. The molecule has 0 bridgehead atoms. The number of hydrogen-bond acceptors (Lipinski definition) is 4. The van der Waals surface area contributed by atoms with E-state index in [1.165, 1.54) is 16.4 Å². The number of nitrogens with zero attached hydrogens (tertiary/aromatic N) is 1. The van der Waals surface area contributed by atoms with Crippen molar-refractivity contribution >= 4 is 27.6 Å². The minimum absolute atomic E-state index is 0.0474. The van der Waals surface area contributed by atoms with E-state index in [2.05, 4.69) is 0 Å². The van der Waals surface area contributed by atoms with Crippen LogP contribution < -0.4 is 4.74 Å². The average molecular weight is 518 g/mol. The number of ether oxygens (including phenoxy) is 1. The molecule has 1 atom stereocenters. The predicted octanol–water partition coefficient (Wildman–Crippen LogP) is 5.25. The van der Waals surface area contributed by atoms with Crippen LogP contribution in [0.15, 0.2) is 71.6 Å². The van der Waals surface area contributed by atoms with Gasteiger partial charge < -0.3 is 9.84 Å². The zero-order valence-corrected chi connectivity index (χ0v) is 20.4. The van der Waals surface area contributed by atoms with Gasteiger partial charge in [-0.05, 0) is 84.0 Å². The van der Waals surface area contributed by atoms with E-state index in [0.29, 0.717) is 29.3 Å². The summed E-state index contributed by atoms with van der Waals surface area (Å²) in [4.78, 5) is 11.4. The molecule has 1 unspecified atom stereocenters. The molecular weight excluding hydrogens is 493 g/mol. The molecule has 1 aliphatic rings. The van der Waals surface area contributed by atoms with Gasteiger partial charge in [0.25, 0.3) is 0 Å². The van der Waals surface area contributed by atoms with Crippen LogP contribution in [0.4, 0.5) is 4.39 Å². The highest BCUT2D eigenvalue weighted by molar-refractivity contribution is 7.89. The SMILES string of the molecule is O=C(O)Cc1cc(OCc2ccc(Cl)cc2)cc(C2CCCN(S(=O)(=O)c3ccc(F)cc3)C2)c1. The number of benzene rings is 3. The van der Waals surface area contributed by atoms with Gasteiger partial charge in [-0.25, -0.2) is 12.8 Å². The number of carboxylic acid groups (broad SMARTS) is 1. The number of carbonyl (C=O) groups is 1. The van der Waals surface area contributed by atoms with E-state index in [0.717, 1.165) is 29.7 Å². The fraction of sp³-hybridized carbons (Fsp3) is 0.269. The summed E-state index contributed by atoms with van der Waals surface area (Å²) in [6.07, 6.45) is 1.23. The molecule has 0 aromatic heterocycles. The number of sulfonamides is 1. The van der Waals surface area contributed by atoms with Gasteiger partial charge in [0.05, 0.1) is 11.3 Å². The van der Waals surface area contributed by atoms with Crippen LogP contribution in [0.5, 0.6) is 5.75 Å². The summed E-state index contributed by atoms with van der Waals surface area (Å²) in [6, 6.07) is 17.4. The molecule has 1 fully saturated rings. The molecule has 35 heavy (non-hydrogen) atoms. The van der Waals surface area contributed by atoms with E-state index < -0.39 is 21.8 Å². The molecule has 1 saturated heterocycles. The van der Waals surface area contributed by atoms with Crippen molar-refractivity contribution in [3.8, 4) is 5.75 Å². The van der Waals surface area contributed by atoms with E-state index in [9.17, 15) is 22.7 Å². The van der Waals surface area contributed by atoms with Gasteiger partial charge >= 0.3 is 5.97 Å². The molecule has 0 saturated carbocycles. The summed E-state index contributed by atoms with van der Waals surface area (Å²) in [7, 11) is -3.78. The number of aliphatic carboxylic acids is 1. The van der Waals surface area contributed by atoms with E-state index in [4.69, 9.17) is 16.3 Å². The van der Waals surface area contributed by atoms with Crippen molar-refractivity contribution in [2.75, 3.05) is 13.1 Å². The highest BCUT2D eigenvalue weighted by Gasteiger charge is 2.31. The van der Waals surface area contributed by atoms with Crippen LogP contribution in [0.2, 0.25) is 5.02 Å². The van der Waals surface area contributed by atoms with Gasteiger partial charge in [0.2, 0.25) is 10.0 Å². The molecule has 4 rings (SSSR count). The zero-order chi connectivity index (χ0) is 25.0. The fourth-order valence-electron chi connectivity index (χ4n) is 4.22. The Morgan fingerprint density at radius 2 is 1.77 bits per heavy atom. The highest BCUT2D eigenvalue weighted by atomic mass is 35.5. The first-order valence-electron chi connectivity index (χ1n) is 11.2. The quantitative estimate of drug-likeness (QED) is 0.441. The summed E-state index contributed by atoms with van der Waals surface area (Å²) < 4.78 is 46.9. The van der Waals surface area contributed by atoms with Gasteiger partial charge in [0.15, 0.2) is 0 Å². The normalized spacial score (nSPS) is 16.7. The molecule has 1 aliphatic heterocycles. The Balaban J connectivity index is 1.57. The molecule has 0 aliphatic carbocycles. The maximum atomic E-state index is 13.3. The van der Waals surface area contributed by atoms with Crippen molar-refractivity contribution in [2.24, 2.45) is 0 Å². The Hall–Kier alpha value is -2.94. The summed E-state index contributed by atoms with van der Waals surface area (Å²) in [5.41, 5.74) is 2.32. The van der Waals surface area contributed by atoms with Crippen LogP contribution >= 0.6 is 11.6 Å². The zero-order valence-electron chi connectivity index (χ0n) is 18.9. The lowest BCUT2D eigenvalue weighted by atomic mass is 9.90. The Morgan fingerprint density at radius 3 is 2.46 bits per heavy atom. The van der Waals surface area contributed by atoms with E-state index in [1.54, 1.807) is 18.2 Å². The third-order valence-electron chi connectivity index (χ3n) is 5.97. The monoisotopic (exact) mass is 517 g/mol. The van der Waals surface area contributed by atoms with Crippen molar-refractivity contribution in [2.45, 2.75) is 36.7 Å². The largest absolute Gasteiger partial charge is 0.489 e. The second-order valence-electron chi connectivity index (χ2n) is 8.55. The number of piperidine rings is 1. The summed E-state index contributed by atoms with van der Waals surface area (Å²) >= 11 is 5.93. The van der Waals surface area contributed by atoms with Gasteiger partial charge in [0.1, 0.15) is 18.2 Å². The van der Waals surface area contributed by atoms with Crippen LogP contribution in [-0.2, 0) is 27.8 Å². The average Bonchev–Trinajstić information content (AvgIpc) is 2.83. The van der Waals surface area contributed by atoms with Gasteiger partial charge in [-0.3, -0.25) is 4.79 Å². The highest BCUT2D eigenvalue weighted by Crippen LogP contribution is 2.33. The topological polar surface area (TPSA) is 83.9 Å². The first-order valence-corrected chi connectivity index (χ1v) is 13.0. The predicted molar refractivity (Wildman–Crippen MR) is 131 cm³/mol. The fourth-order valence-corrected chi connectivity index (χ4v) is 5.87. The number of carboxylic acids is 1. The lowest BCUT2D eigenvalue weighted by Crippen LogP contribution is -2.39. The smallest absolute Gasteiger partial charge is 0.307 e. The summed E-state index contributed by atoms with van der Waals surface area (Å²) in [5, 5.41) is 9.94. The number of rotatable bonds is 8. The molecule has 6 nitrogen and oxygen atoms in total. The molecular formula is C26H25ClFNO5S. The standard InChI is InChI=1S/C26H25ClFNO5S/c27-22-5-3-18(4-6-22)17-34-24-13-19(14-26(30)31)12-21(15-24)20-2-1-11-29(16-20)35(32,33)25-9-7-23(28)8-10-25/h3-10,12-13,15,20H,1-2,11,14,16-17H2,(H,30,31). The van der Waals surface area contributed by atoms with Crippen molar-refractivity contribution in [1.82, 2.24) is 4.31 Å². The molecule has 9 heteroatoms. The molecule has 3 aromatic rings. The van der Waals surface area contributed by atoms with Crippen LogP contribution in [0.25, 0.3) is 0 Å².